The van der Waals surface area contributed by atoms with Gasteiger partial charge in [0.1, 0.15) is 5.75 Å². The lowest BCUT2D eigenvalue weighted by atomic mass is 10.3. The minimum atomic E-state index is -3.73. The average molecular weight is 352 g/mol. The van der Waals surface area contributed by atoms with Gasteiger partial charge >= 0.3 is 7.60 Å². The van der Waals surface area contributed by atoms with Crippen LogP contribution in [0.3, 0.4) is 0 Å². The number of benzene rings is 1. The van der Waals surface area contributed by atoms with Gasteiger partial charge in [0.2, 0.25) is 5.75 Å². The number of hydrogen-bond acceptors (Lipinski definition) is 8. The Morgan fingerprint density at radius 1 is 1.29 bits per heavy atom. The molecule has 0 fully saturated rings. The van der Waals surface area contributed by atoms with Gasteiger partial charge < -0.3 is 19.1 Å². The van der Waals surface area contributed by atoms with Gasteiger partial charge in [-0.2, -0.15) is 4.62 Å². The van der Waals surface area contributed by atoms with Crippen LogP contribution in [-0.2, 0) is 9.19 Å². The van der Waals surface area contributed by atoms with Gasteiger partial charge in [0.25, 0.3) is 0 Å². The van der Waals surface area contributed by atoms with Crippen LogP contribution >= 0.6 is 7.60 Å². The first-order valence-corrected chi connectivity index (χ1v) is 8.35. The minimum absolute atomic E-state index is 0.0974. The molecule has 24 heavy (non-hydrogen) atoms. The first-order valence-electron chi connectivity index (χ1n) is 6.74. The largest absolute Gasteiger partial charge is 0.502 e. The van der Waals surface area contributed by atoms with Crippen LogP contribution in [0.4, 0.5) is 5.69 Å². The van der Waals surface area contributed by atoms with Crippen LogP contribution in [0.15, 0.2) is 49.1 Å². The van der Waals surface area contributed by atoms with Crippen LogP contribution in [0.25, 0.3) is 0 Å². The summed E-state index contributed by atoms with van der Waals surface area (Å²) in [5, 5.41) is 9.88. The minimum Gasteiger partial charge on any atom is -0.502 e. The highest BCUT2D eigenvalue weighted by Crippen LogP contribution is 2.51. The van der Waals surface area contributed by atoms with Gasteiger partial charge in [-0.15, -0.1) is 0 Å². The van der Waals surface area contributed by atoms with Crippen molar-refractivity contribution in [2.45, 2.75) is 0 Å². The second-order valence-corrected chi connectivity index (χ2v) is 6.24. The van der Waals surface area contributed by atoms with E-state index in [0.29, 0.717) is 5.69 Å². The molecule has 1 aromatic carbocycles. The lowest BCUT2D eigenvalue weighted by Gasteiger charge is -2.17. The van der Waals surface area contributed by atoms with Crippen LogP contribution in [0, 0.1) is 0 Å². The standard InChI is InChI=1S/C15H17N2O6P/c1-4-24(19,23-17-11-6-5-7-16-10-11)22-12-8-13(20-2)15(18)14(9-12)21-3/h4-10,17-18H,1H2,2-3H3. The summed E-state index contributed by atoms with van der Waals surface area (Å²) in [6, 6.07) is 6.05. The quantitative estimate of drug-likeness (QED) is 0.549. The molecular weight excluding hydrogens is 335 g/mol. The Morgan fingerprint density at radius 3 is 2.46 bits per heavy atom. The Kier molecular flexibility index (Phi) is 5.68. The molecule has 1 atom stereocenters. The summed E-state index contributed by atoms with van der Waals surface area (Å²) >= 11 is 0. The number of hydrogen-bond donors (Lipinski definition) is 2. The number of ether oxygens (including phenoxy) is 2. The molecule has 0 saturated heterocycles. The van der Waals surface area contributed by atoms with E-state index < -0.39 is 7.60 Å². The van der Waals surface area contributed by atoms with Gasteiger partial charge in [-0.1, -0.05) is 6.58 Å². The van der Waals surface area contributed by atoms with Crippen LogP contribution in [0.2, 0.25) is 0 Å². The van der Waals surface area contributed by atoms with Gasteiger partial charge in [0.15, 0.2) is 11.5 Å². The number of nitrogens with zero attached hydrogens (tertiary/aromatic N) is 1. The Labute approximate surface area is 139 Å². The van der Waals surface area contributed by atoms with Crippen molar-refractivity contribution < 1.29 is 28.3 Å². The van der Waals surface area contributed by atoms with Crippen molar-refractivity contribution >= 4 is 13.3 Å². The first kappa shape index (κ1) is 17.7. The number of pyridine rings is 1. The third-order valence-corrected chi connectivity index (χ3v) is 4.12. The summed E-state index contributed by atoms with van der Waals surface area (Å²) in [4.78, 5) is 3.89. The highest BCUT2D eigenvalue weighted by molar-refractivity contribution is 7.57. The van der Waals surface area contributed by atoms with Crippen LogP contribution in [0.1, 0.15) is 0 Å². The van der Waals surface area contributed by atoms with Crippen molar-refractivity contribution in [3.8, 4) is 23.0 Å². The van der Waals surface area contributed by atoms with Gasteiger partial charge in [-0.05, 0) is 12.1 Å². The number of aromatic nitrogens is 1. The van der Waals surface area contributed by atoms with Gasteiger partial charge in [0, 0.05) is 24.1 Å². The molecular formula is C15H17N2O6P. The van der Waals surface area contributed by atoms with Crippen molar-refractivity contribution in [2.75, 3.05) is 19.7 Å². The number of nitrogens with one attached hydrogen (secondary N) is 1. The van der Waals surface area contributed by atoms with E-state index in [2.05, 4.69) is 17.0 Å². The van der Waals surface area contributed by atoms with E-state index in [9.17, 15) is 9.67 Å². The van der Waals surface area contributed by atoms with E-state index in [4.69, 9.17) is 18.6 Å². The second-order valence-electron chi connectivity index (χ2n) is 4.43. The molecule has 0 bridgehead atoms. The molecule has 128 valence electrons. The molecule has 1 heterocycles. The van der Waals surface area contributed by atoms with Gasteiger partial charge in [-0.3, -0.25) is 10.5 Å². The van der Waals surface area contributed by atoms with Crippen molar-refractivity contribution in [1.82, 2.24) is 4.98 Å². The Morgan fingerprint density at radius 2 is 1.96 bits per heavy atom. The molecule has 2 rings (SSSR count). The lowest BCUT2D eigenvalue weighted by molar-refractivity contribution is 0.319. The highest BCUT2D eigenvalue weighted by Gasteiger charge is 2.24. The molecule has 0 amide bonds. The third-order valence-electron chi connectivity index (χ3n) is 2.86. The number of phenolic OH excluding ortho intramolecular Hbond substituents is 1. The third kappa shape index (κ3) is 4.18. The molecule has 0 aliphatic carbocycles. The normalized spacial score (nSPS) is 12.8. The Hall–Kier alpha value is -2.70. The van der Waals surface area contributed by atoms with Crippen LogP contribution in [0.5, 0.6) is 23.0 Å². The second kappa shape index (κ2) is 7.72. The zero-order valence-corrected chi connectivity index (χ0v) is 14.0. The van der Waals surface area contributed by atoms with Crippen molar-refractivity contribution in [3.63, 3.8) is 0 Å². The summed E-state index contributed by atoms with van der Waals surface area (Å²) in [5.74, 6) is 1.15. The summed E-state index contributed by atoms with van der Waals surface area (Å²) < 4.78 is 33.2. The van der Waals surface area contributed by atoms with E-state index in [1.54, 1.807) is 18.3 Å². The summed E-state index contributed by atoms with van der Waals surface area (Å²) in [5.41, 5.74) is 2.98. The Bertz CT molecular complexity index is 728. The summed E-state index contributed by atoms with van der Waals surface area (Å²) in [6.45, 7) is 3.46. The average Bonchev–Trinajstić information content (AvgIpc) is 2.62. The van der Waals surface area contributed by atoms with E-state index >= 15 is 0 Å². The topological polar surface area (TPSA) is 99.1 Å². The lowest BCUT2D eigenvalue weighted by Crippen LogP contribution is -2.03. The molecule has 0 saturated carbocycles. The molecule has 1 unspecified atom stereocenters. The fourth-order valence-corrected chi connectivity index (χ4v) is 2.52. The molecule has 0 aliphatic heterocycles. The van der Waals surface area contributed by atoms with Gasteiger partial charge in [0.05, 0.1) is 26.1 Å². The van der Waals surface area contributed by atoms with Crippen molar-refractivity contribution in [3.05, 3.63) is 49.1 Å². The van der Waals surface area contributed by atoms with Crippen molar-refractivity contribution in [2.24, 2.45) is 0 Å². The molecule has 1 aromatic heterocycles. The van der Waals surface area contributed by atoms with E-state index in [-0.39, 0.29) is 23.0 Å². The van der Waals surface area contributed by atoms with E-state index in [1.165, 1.54) is 32.5 Å². The Balaban J connectivity index is 2.19. The maximum absolute atomic E-state index is 12.6. The smallest absolute Gasteiger partial charge is 0.424 e. The maximum Gasteiger partial charge on any atom is 0.424 e. The zero-order valence-electron chi connectivity index (χ0n) is 13.1. The molecule has 2 N–H and O–H groups in total. The summed E-state index contributed by atoms with van der Waals surface area (Å²) in [6.07, 6.45) is 3.07. The molecule has 9 heteroatoms. The van der Waals surface area contributed by atoms with Gasteiger partial charge in [-0.25, -0.2) is 4.57 Å². The number of phenols is 1. The molecule has 2 aromatic rings. The fourth-order valence-electron chi connectivity index (χ4n) is 1.70. The molecule has 0 spiro atoms. The molecule has 8 nitrogen and oxygen atoms in total. The van der Waals surface area contributed by atoms with E-state index in [1.807, 2.05) is 0 Å². The number of rotatable bonds is 8. The molecule has 0 aliphatic rings. The maximum atomic E-state index is 12.6. The van der Waals surface area contributed by atoms with Crippen molar-refractivity contribution in [1.29, 1.82) is 0 Å². The van der Waals surface area contributed by atoms with Crippen LogP contribution in [-0.4, -0.2) is 24.3 Å². The predicted octanol–water partition coefficient (Wildman–Crippen LogP) is 3.56. The van der Waals surface area contributed by atoms with Crippen LogP contribution < -0.4 is 19.5 Å². The number of methoxy groups -OCH3 is 2. The predicted molar refractivity (Wildman–Crippen MR) is 88.6 cm³/mol. The monoisotopic (exact) mass is 352 g/mol. The fraction of sp³-hybridized carbons (Fsp3) is 0.133. The number of aromatic hydroxyl groups is 1. The van der Waals surface area contributed by atoms with E-state index in [0.717, 1.165) is 5.82 Å². The highest BCUT2D eigenvalue weighted by atomic mass is 31.2. The SMILES string of the molecule is C=CP(=O)(ONc1cccnc1)Oc1cc(OC)c(O)c(OC)c1. The number of anilines is 1. The molecule has 0 radical (unpaired) electrons. The summed E-state index contributed by atoms with van der Waals surface area (Å²) in [7, 11) is -0.997. The first-order chi connectivity index (χ1) is 11.5. The zero-order chi connectivity index (χ0) is 17.6.